The van der Waals surface area contributed by atoms with E-state index in [1.807, 2.05) is 24.5 Å². The molecule has 2 aromatic rings. The first-order valence-corrected chi connectivity index (χ1v) is 4.20. The van der Waals surface area contributed by atoms with Crippen molar-refractivity contribution in [2.24, 2.45) is 0 Å². The fourth-order valence-electron chi connectivity index (χ4n) is 1.14. The van der Waals surface area contributed by atoms with E-state index in [4.69, 9.17) is 0 Å². The van der Waals surface area contributed by atoms with Crippen LogP contribution in [-0.4, -0.2) is 14.8 Å². The molecule has 0 aromatic carbocycles. The molecule has 0 radical (unpaired) electrons. The molecule has 0 bridgehead atoms. The monoisotopic (exact) mass is 173 g/mol. The molecule has 0 spiro atoms. The Bertz CT molecular complexity index is 404. The first-order chi connectivity index (χ1) is 6.27. The summed E-state index contributed by atoms with van der Waals surface area (Å²) in [7, 11) is 0. The molecule has 13 heavy (non-hydrogen) atoms. The number of aromatic nitrogens is 3. The molecule has 0 aliphatic heterocycles. The third kappa shape index (κ3) is 1.45. The molecular weight excluding hydrogens is 162 g/mol. The summed E-state index contributed by atoms with van der Waals surface area (Å²) in [5, 5.41) is 4.11. The van der Waals surface area contributed by atoms with E-state index in [1.165, 1.54) is 11.1 Å². The van der Waals surface area contributed by atoms with Crippen molar-refractivity contribution in [3.8, 4) is 5.82 Å². The van der Waals surface area contributed by atoms with Gasteiger partial charge in [0.15, 0.2) is 5.82 Å². The highest BCUT2D eigenvalue weighted by Gasteiger charge is 1.99. The van der Waals surface area contributed by atoms with Crippen molar-refractivity contribution in [1.29, 1.82) is 0 Å². The van der Waals surface area contributed by atoms with Crippen LogP contribution in [0.15, 0.2) is 30.7 Å². The number of rotatable bonds is 1. The normalized spacial score (nSPS) is 10.3. The van der Waals surface area contributed by atoms with Gasteiger partial charge in [-0.05, 0) is 37.1 Å². The van der Waals surface area contributed by atoms with Crippen molar-refractivity contribution in [3.63, 3.8) is 0 Å². The second-order valence-electron chi connectivity index (χ2n) is 3.08. The topological polar surface area (TPSA) is 30.7 Å². The van der Waals surface area contributed by atoms with E-state index in [0.29, 0.717) is 0 Å². The maximum atomic E-state index is 4.28. The molecule has 0 unspecified atom stereocenters. The summed E-state index contributed by atoms with van der Waals surface area (Å²) in [6, 6.07) is 3.92. The summed E-state index contributed by atoms with van der Waals surface area (Å²) >= 11 is 0. The lowest BCUT2D eigenvalue weighted by Crippen LogP contribution is -1.98. The van der Waals surface area contributed by atoms with E-state index in [1.54, 1.807) is 10.9 Å². The van der Waals surface area contributed by atoms with Gasteiger partial charge in [-0.1, -0.05) is 0 Å². The summed E-state index contributed by atoms with van der Waals surface area (Å²) in [5.41, 5.74) is 2.44. The number of aryl methyl sites for hydroxylation is 2. The Morgan fingerprint density at radius 1 is 1.23 bits per heavy atom. The highest BCUT2D eigenvalue weighted by atomic mass is 15.3. The van der Waals surface area contributed by atoms with Gasteiger partial charge in [0.25, 0.3) is 0 Å². The highest BCUT2D eigenvalue weighted by Crippen LogP contribution is 2.09. The molecule has 2 rings (SSSR count). The first kappa shape index (κ1) is 7.98. The van der Waals surface area contributed by atoms with Crippen LogP contribution in [0.4, 0.5) is 0 Å². The van der Waals surface area contributed by atoms with Crippen molar-refractivity contribution in [2.45, 2.75) is 13.8 Å². The second kappa shape index (κ2) is 3.01. The molecule has 0 saturated carbocycles. The van der Waals surface area contributed by atoms with Crippen molar-refractivity contribution in [2.75, 3.05) is 0 Å². The number of pyridine rings is 1. The Balaban J connectivity index is 2.49. The Morgan fingerprint density at radius 2 is 2.08 bits per heavy atom. The predicted molar refractivity (Wildman–Crippen MR) is 50.8 cm³/mol. The van der Waals surface area contributed by atoms with Gasteiger partial charge in [-0.15, -0.1) is 0 Å². The van der Waals surface area contributed by atoms with E-state index in [-0.39, 0.29) is 0 Å². The van der Waals surface area contributed by atoms with Crippen molar-refractivity contribution in [1.82, 2.24) is 14.8 Å². The largest absolute Gasteiger partial charge is 0.237 e. The molecule has 2 aromatic heterocycles. The zero-order valence-corrected chi connectivity index (χ0v) is 7.73. The second-order valence-corrected chi connectivity index (χ2v) is 3.08. The fourth-order valence-corrected chi connectivity index (χ4v) is 1.14. The molecule has 0 amide bonds. The van der Waals surface area contributed by atoms with E-state index >= 15 is 0 Å². The standard InChI is InChI=1S/C10H11N3/c1-8-6-10(11-7-9(8)2)13-5-3-4-12-13/h3-7H,1-2H3. The molecule has 3 nitrogen and oxygen atoms in total. The Morgan fingerprint density at radius 3 is 2.69 bits per heavy atom. The van der Waals surface area contributed by atoms with Gasteiger partial charge in [-0.25, -0.2) is 9.67 Å². The van der Waals surface area contributed by atoms with Gasteiger partial charge < -0.3 is 0 Å². The predicted octanol–water partition coefficient (Wildman–Crippen LogP) is 1.88. The molecule has 0 fully saturated rings. The van der Waals surface area contributed by atoms with Crippen molar-refractivity contribution >= 4 is 0 Å². The lowest BCUT2D eigenvalue weighted by Gasteiger charge is -2.03. The minimum Gasteiger partial charge on any atom is -0.237 e. The Hall–Kier alpha value is -1.64. The number of hydrogen-bond acceptors (Lipinski definition) is 2. The lowest BCUT2D eigenvalue weighted by molar-refractivity contribution is 0.843. The van der Waals surface area contributed by atoms with Crippen LogP contribution in [-0.2, 0) is 0 Å². The lowest BCUT2D eigenvalue weighted by atomic mass is 10.2. The average molecular weight is 173 g/mol. The van der Waals surface area contributed by atoms with Crippen LogP contribution in [0.2, 0.25) is 0 Å². The third-order valence-electron chi connectivity index (χ3n) is 2.10. The summed E-state index contributed by atoms with van der Waals surface area (Å²) in [6.07, 6.45) is 5.50. The Labute approximate surface area is 77.0 Å². The van der Waals surface area contributed by atoms with E-state index in [2.05, 4.69) is 23.9 Å². The molecule has 0 saturated heterocycles. The van der Waals surface area contributed by atoms with E-state index < -0.39 is 0 Å². The van der Waals surface area contributed by atoms with Crippen LogP contribution in [0, 0.1) is 13.8 Å². The highest BCUT2D eigenvalue weighted by molar-refractivity contribution is 5.31. The molecular formula is C10H11N3. The summed E-state index contributed by atoms with van der Waals surface area (Å²) < 4.78 is 1.76. The minimum absolute atomic E-state index is 0.869. The first-order valence-electron chi connectivity index (χ1n) is 4.20. The maximum Gasteiger partial charge on any atom is 0.153 e. The van der Waals surface area contributed by atoms with Gasteiger partial charge in [0, 0.05) is 18.6 Å². The molecule has 0 N–H and O–H groups in total. The van der Waals surface area contributed by atoms with Crippen LogP contribution in [0.1, 0.15) is 11.1 Å². The van der Waals surface area contributed by atoms with Gasteiger partial charge in [0.05, 0.1) is 0 Å². The van der Waals surface area contributed by atoms with Crippen LogP contribution < -0.4 is 0 Å². The van der Waals surface area contributed by atoms with Crippen LogP contribution >= 0.6 is 0 Å². The molecule has 3 heteroatoms. The summed E-state index contributed by atoms with van der Waals surface area (Å²) in [4.78, 5) is 4.28. The van der Waals surface area contributed by atoms with Gasteiger partial charge in [0.2, 0.25) is 0 Å². The summed E-state index contributed by atoms with van der Waals surface area (Å²) in [6.45, 7) is 4.12. The van der Waals surface area contributed by atoms with Crippen molar-refractivity contribution < 1.29 is 0 Å². The Kier molecular flexibility index (Phi) is 1.85. The van der Waals surface area contributed by atoms with Gasteiger partial charge in [-0.2, -0.15) is 5.10 Å². The van der Waals surface area contributed by atoms with Crippen LogP contribution in [0.5, 0.6) is 0 Å². The zero-order chi connectivity index (χ0) is 9.26. The van der Waals surface area contributed by atoms with Crippen LogP contribution in [0.3, 0.4) is 0 Å². The van der Waals surface area contributed by atoms with E-state index in [9.17, 15) is 0 Å². The number of nitrogens with zero attached hydrogens (tertiary/aromatic N) is 3. The SMILES string of the molecule is Cc1cnc(-n2cccn2)cc1C. The molecule has 2 heterocycles. The van der Waals surface area contributed by atoms with Gasteiger partial charge in [0.1, 0.15) is 0 Å². The van der Waals surface area contributed by atoms with Gasteiger partial charge >= 0.3 is 0 Å². The number of hydrogen-bond donors (Lipinski definition) is 0. The van der Waals surface area contributed by atoms with Crippen LogP contribution in [0.25, 0.3) is 5.82 Å². The zero-order valence-electron chi connectivity index (χ0n) is 7.73. The molecule has 66 valence electrons. The molecule has 0 aliphatic rings. The summed E-state index contributed by atoms with van der Waals surface area (Å²) in [5.74, 6) is 0.869. The molecule has 0 atom stereocenters. The minimum atomic E-state index is 0.869. The molecule has 0 aliphatic carbocycles. The van der Waals surface area contributed by atoms with Gasteiger partial charge in [-0.3, -0.25) is 0 Å². The van der Waals surface area contributed by atoms with E-state index in [0.717, 1.165) is 5.82 Å². The fraction of sp³-hybridized carbons (Fsp3) is 0.200. The third-order valence-corrected chi connectivity index (χ3v) is 2.10. The smallest absolute Gasteiger partial charge is 0.153 e. The van der Waals surface area contributed by atoms with Crippen molar-refractivity contribution in [3.05, 3.63) is 41.9 Å². The maximum absolute atomic E-state index is 4.28. The average Bonchev–Trinajstić information content (AvgIpc) is 2.62. The quantitative estimate of drug-likeness (QED) is 0.659.